The summed E-state index contributed by atoms with van der Waals surface area (Å²) in [5.41, 5.74) is 0. The van der Waals surface area contributed by atoms with Crippen LogP contribution in [0.5, 0.6) is 0 Å². The van der Waals surface area contributed by atoms with E-state index in [0.29, 0.717) is 0 Å². The lowest BCUT2D eigenvalue weighted by Crippen LogP contribution is -2.36. The standard InChI is InChI=1S/C13H23N/c1-14-13(5-9-3-2-4-9)12-7-10-6-11(10)8-12/h9-14H,2-8H2,1H3. The van der Waals surface area contributed by atoms with Crippen LogP contribution in [0.4, 0.5) is 0 Å². The Morgan fingerprint density at radius 3 is 2.36 bits per heavy atom. The Labute approximate surface area is 87.7 Å². The maximum Gasteiger partial charge on any atom is 0.00951 e. The van der Waals surface area contributed by atoms with E-state index in [1.807, 2.05) is 0 Å². The minimum atomic E-state index is 0.855. The van der Waals surface area contributed by atoms with Crippen molar-refractivity contribution in [2.45, 2.75) is 51.0 Å². The highest BCUT2D eigenvalue weighted by molar-refractivity contribution is 4.99. The number of hydrogen-bond acceptors (Lipinski definition) is 1. The molecule has 0 radical (unpaired) electrons. The van der Waals surface area contributed by atoms with E-state index in [9.17, 15) is 0 Å². The van der Waals surface area contributed by atoms with Gasteiger partial charge in [0.05, 0.1) is 0 Å². The summed E-state index contributed by atoms with van der Waals surface area (Å²) in [6.45, 7) is 0. The number of nitrogens with one attached hydrogen (secondary N) is 1. The van der Waals surface area contributed by atoms with E-state index < -0.39 is 0 Å². The molecule has 0 aromatic rings. The lowest BCUT2D eigenvalue weighted by atomic mass is 9.77. The average molecular weight is 193 g/mol. The molecule has 0 aromatic carbocycles. The third-order valence-electron chi connectivity index (χ3n) is 5.03. The van der Waals surface area contributed by atoms with E-state index in [1.165, 1.54) is 25.7 Å². The second kappa shape index (κ2) is 3.52. The van der Waals surface area contributed by atoms with Crippen LogP contribution in [0, 0.1) is 23.7 Å². The SMILES string of the molecule is CNC(CC1CCC1)C1CC2CC2C1. The molecular weight excluding hydrogens is 170 g/mol. The molecule has 3 fully saturated rings. The highest BCUT2D eigenvalue weighted by atomic mass is 14.9. The van der Waals surface area contributed by atoms with Gasteiger partial charge in [0.15, 0.2) is 0 Å². The summed E-state index contributed by atoms with van der Waals surface area (Å²) in [4.78, 5) is 0. The van der Waals surface area contributed by atoms with Crippen LogP contribution < -0.4 is 5.32 Å². The first-order valence-electron chi connectivity index (χ1n) is 6.54. The van der Waals surface area contributed by atoms with Crippen LogP contribution in [0.1, 0.15) is 44.9 Å². The normalized spacial score (nSPS) is 43.1. The van der Waals surface area contributed by atoms with E-state index >= 15 is 0 Å². The van der Waals surface area contributed by atoms with E-state index in [2.05, 4.69) is 12.4 Å². The van der Waals surface area contributed by atoms with Gasteiger partial charge in [-0.25, -0.2) is 0 Å². The van der Waals surface area contributed by atoms with Gasteiger partial charge in [-0.05, 0) is 56.4 Å². The van der Waals surface area contributed by atoms with Gasteiger partial charge in [-0.2, -0.15) is 0 Å². The molecule has 3 unspecified atom stereocenters. The molecule has 3 aliphatic carbocycles. The van der Waals surface area contributed by atoms with Crippen molar-refractivity contribution >= 4 is 0 Å². The highest BCUT2D eigenvalue weighted by Gasteiger charge is 2.47. The van der Waals surface area contributed by atoms with Crippen molar-refractivity contribution in [3.8, 4) is 0 Å². The zero-order chi connectivity index (χ0) is 9.54. The van der Waals surface area contributed by atoms with Crippen molar-refractivity contribution in [1.29, 1.82) is 0 Å². The molecule has 14 heavy (non-hydrogen) atoms. The Balaban J connectivity index is 1.51. The third kappa shape index (κ3) is 1.60. The van der Waals surface area contributed by atoms with Crippen molar-refractivity contribution in [2.75, 3.05) is 7.05 Å². The van der Waals surface area contributed by atoms with Crippen LogP contribution in [0.25, 0.3) is 0 Å². The topological polar surface area (TPSA) is 12.0 Å². The van der Waals surface area contributed by atoms with Gasteiger partial charge in [0.25, 0.3) is 0 Å². The van der Waals surface area contributed by atoms with Gasteiger partial charge >= 0.3 is 0 Å². The Kier molecular flexibility index (Phi) is 2.31. The molecule has 1 nitrogen and oxygen atoms in total. The van der Waals surface area contributed by atoms with Crippen molar-refractivity contribution in [2.24, 2.45) is 23.7 Å². The summed E-state index contributed by atoms with van der Waals surface area (Å²) in [5.74, 6) is 4.41. The first-order chi connectivity index (χ1) is 6.86. The van der Waals surface area contributed by atoms with Gasteiger partial charge < -0.3 is 5.32 Å². The lowest BCUT2D eigenvalue weighted by molar-refractivity contribution is 0.222. The van der Waals surface area contributed by atoms with Crippen LogP contribution in [-0.2, 0) is 0 Å². The molecule has 80 valence electrons. The highest BCUT2D eigenvalue weighted by Crippen LogP contribution is 2.55. The third-order valence-corrected chi connectivity index (χ3v) is 5.03. The predicted octanol–water partition coefficient (Wildman–Crippen LogP) is 2.81. The molecule has 0 amide bonds. The molecule has 0 aliphatic heterocycles. The smallest absolute Gasteiger partial charge is 0.00951 e. The predicted molar refractivity (Wildman–Crippen MR) is 59.1 cm³/mol. The minimum Gasteiger partial charge on any atom is -0.317 e. The van der Waals surface area contributed by atoms with E-state index in [0.717, 1.165) is 29.7 Å². The Morgan fingerprint density at radius 1 is 1.14 bits per heavy atom. The first-order valence-corrected chi connectivity index (χ1v) is 6.54. The van der Waals surface area contributed by atoms with Gasteiger partial charge in [-0.3, -0.25) is 0 Å². The van der Waals surface area contributed by atoms with Crippen LogP contribution in [-0.4, -0.2) is 13.1 Å². The van der Waals surface area contributed by atoms with Crippen molar-refractivity contribution in [3.05, 3.63) is 0 Å². The molecule has 3 rings (SSSR count). The van der Waals surface area contributed by atoms with Crippen LogP contribution in [0.2, 0.25) is 0 Å². The quantitative estimate of drug-likeness (QED) is 0.724. The Bertz CT molecular complexity index is 199. The second-order valence-corrected chi connectivity index (χ2v) is 5.92. The van der Waals surface area contributed by atoms with Crippen LogP contribution >= 0.6 is 0 Å². The van der Waals surface area contributed by atoms with Crippen molar-refractivity contribution < 1.29 is 0 Å². The Morgan fingerprint density at radius 2 is 1.86 bits per heavy atom. The molecule has 0 bridgehead atoms. The molecule has 0 heterocycles. The molecule has 3 saturated carbocycles. The summed E-state index contributed by atoms with van der Waals surface area (Å²) in [7, 11) is 2.17. The van der Waals surface area contributed by atoms with Crippen LogP contribution in [0.15, 0.2) is 0 Å². The molecule has 3 atom stereocenters. The van der Waals surface area contributed by atoms with Crippen LogP contribution in [0.3, 0.4) is 0 Å². The van der Waals surface area contributed by atoms with Crippen molar-refractivity contribution in [3.63, 3.8) is 0 Å². The summed E-state index contributed by atoms with van der Waals surface area (Å²) in [5, 5.41) is 3.58. The molecule has 0 saturated heterocycles. The fourth-order valence-corrected chi connectivity index (χ4v) is 3.72. The van der Waals surface area contributed by atoms with Gasteiger partial charge in [-0.15, -0.1) is 0 Å². The number of fused-ring (bicyclic) bond motifs is 1. The average Bonchev–Trinajstić information content (AvgIpc) is 2.72. The summed E-state index contributed by atoms with van der Waals surface area (Å²) >= 11 is 0. The zero-order valence-corrected chi connectivity index (χ0v) is 9.34. The summed E-state index contributed by atoms with van der Waals surface area (Å²) in [6.07, 6.45) is 10.6. The minimum absolute atomic E-state index is 0.855. The number of hydrogen-bond donors (Lipinski definition) is 1. The number of rotatable bonds is 4. The maximum atomic E-state index is 3.58. The van der Waals surface area contributed by atoms with Crippen molar-refractivity contribution in [1.82, 2.24) is 5.32 Å². The van der Waals surface area contributed by atoms with E-state index in [-0.39, 0.29) is 0 Å². The molecule has 0 spiro atoms. The van der Waals surface area contributed by atoms with E-state index in [1.54, 1.807) is 19.3 Å². The maximum absolute atomic E-state index is 3.58. The Hall–Kier alpha value is -0.0400. The molecule has 0 aromatic heterocycles. The fourth-order valence-electron chi connectivity index (χ4n) is 3.72. The fraction of sp³-hybridized carbons (Fsp3) is 1.00. The van der Waals surface area contributed by atoms with Gasteiger partial charge in [-0.1, -0.05) is 19.3 Å². The first kappa shape index (κ1) is 9.21. The van der Waals surface area contributed by atoms with Gasteiger partial charge in [0, 0.05) is 6.04 Å². The lowest BCUT2D eigenvalue weighted by Gasteiger charge is -2.33. The summed E-state index contributed by atoms with van der Waals surface area (Å²) in [6, 6.07) is 0.855. The largest absolute Gasteiger partial charge is 0.317 e. The van der Waals surface area contributed by atoms with E-state index in [4.69, 9.17) is 0 Å². The van der Waals surface area contributed by atoms with Gasteiger partial charge in [0.2, 0.25) is 0 Å². The molecule has 1 N–H and O–H groups in total. The molecular formula is C13H23N. The monoisotopic (exact) mass is 193 g/mol. The molecule has 3 aliphatic rings. The second-order valence-electron chi connectivity index (χ2n) is 5.92. The summed E-state index contributed by atoms with van der Waals surface area (Å²) < 4.78 is 0. The zero-order valence-electron chi connectivity index (χ0n) is 9.34. The van der Waals surface area contributed by atoms with Gasteiger partial charge in [0.1, 0.15) is 0 Å². The molecule has 1 heteroatoms.